The van der Waals surface area contributed by atoms with Crippen molar-refractivity contribution in [1.82, 2.24) is 9.88 Å². The normalized spacial score (nSPS) is 18.1. The molecule has 7 nitrogen and oxygen atoms in total. The molecule has 0 saturated carbocycles. The molecule has 0 unspecified atom stereocenters. The highest BCUT2D eigenvalue weighted by Gasteiger charge is 2.27. The molecule has 2 saturated heterocycles. The molecule has 0 spiro atoms. The Bertz CT molecular complexity index is 1080. The van der Waals surface area contributed by atoms with Crippen molar-refractivity contribution in [2.24, 2.45) is 5.92 Å². The molecule has 7 heteroatoms. The first-order valence-corrected chi connectivity index (χ1v) is 12.1. The van der Waals surface area contributed by atoms with Crippen molar-refractivity contribution in [2.75, 3.05) is 60.9 Å². The first kappa shape index (κ1) is 21.8. The Kier molecular flexibility index (Phi) is 6.22. The minimum Gasteiger partial charge on any atom is -0.423 e. The van der Waals surface area contributed by atoms with Gasteiger partial charge >= 0.3 is 0 Å². The van der Waals surface area contributed by atoms with Gasteiger partial charge in [-0.2, -0.15) is 4.98 Å². The number of anilines is 3. The fourth-order valence-electron chi connectivity index (χ4n) is 4.97. The maximum atomic E-state index is 12.9. The van der Waals surface area contributed by atoms with Crippen LogP contribution in [0.4, 0.5) is 17.4 Å². The molecule has 1 amide bonds. The van der Waals surface area contributed by atoms with Gasteiger partial charge in [0.05, 0.1) is 0 Å². The van der Waals surface area contributed by atoms with Crippen LogP contribution in [-0.2, 0) is 4.79 Å². The summed E-state index contributed by atoms with van der Waals surface area (Å²) in [5.41, 5.74) is 5.05. The Hall–Kier alpha value is -3.06. The van der Waals surface area contributed by atoms with E-state index in [0.717, 1.165) is 75.4 Å². The number of piperidine rings is 1. The van der Waals surface area contributed by atoms with E-state index >= 15 is 0 Å². The van der Waals surface area contributed by atoms with Crippen LogP contribution in [0.2, 0.25) is 0 Å². The number of nitrogens with one attached hydrogen (secondary N) is 1. The summed E-state index contributed by atoms with van der Waals surface area (Å²) in [6, 6.07) is 14.8. The van der Waals surface area contributed by atoms with E-state index in [9.17, 15) is 4.79 Å². The van der Waals surface area contributed by atoms with Gasteiger partial charge in [-0.25, -0.2) is 0 Å². The molecule has 2 fully saturated rings. The van der Waals surface area contributed by atoms with Gasteiger partial charge in [0.25, 0.3) is 6.01 Å². The summed E-state index contributed by atoms with van der Waals surface area (Å²) in [6.07, 6.45) is 1.59. The summed E-state index contributed by atoms with van der Waals surface area (Å²) in [5.74, 6) is 0.114. The van der Waals surface area contributed by atoms with Crippen molar-refractivity contribution >= 4 is 34.4 Å². The summed E-state index contributed by atoms with van der Waals surface area (Å²) < 4.78 is 5.89. The number of likely N-dealkylation sites (N-methyl/N-ethyl adjacent to an activating group) is 1. The molecule has 5 rings (SSSR count). The van der Waals surface area contributed by atoms with Crippen LogP contribution in [0.15, 0.2) is 46.9 Å². The SMILES string of the molecule is CCN1CCN(c2ccc(NC(=O)C3CCN(c4nc5ccccc5o4)CC3)cc2C)CC1. The molecule has 174 valence electrons. The second kappa shape index (κ2) is 9.43. The van der Waals surface area contributed by atoms with E-state index in [4.69, 9.17) is 4.42 Å². The molecule has 1 aromatic heterocycles. The summed E-state index contributed by atoms with van der Waals surface area (Å²) in [5, 5.41) is 3.15. The average Bonchev–Trinajstić information content (AvgIpc) is 3.29. The number of piperazine rings is 1. The van der Waals surface area contributed by atoms with Crippen LogP contribution in [0.5, 0.6) is 0 Å². The molecule has 2 aliphatic rings. The van der Waals surface area contributed by atoms with Gasteiger partial charge in [-0.1, -0.05) is 19.1 Å². The number of fused-ring (bicyclic) bond motifs is 1. The van der Waals surface area contributed by atoms with E-state index in [1.165, 1.54) is 11.3 Å². The Morgan fingerprint density at radius 3 is 2.48 bits per heavy atom. The number of hydrogen-bond donors (Lipinski definition) is 1. The number of aromatic nitrogens is 1. The molecule has 2 aromatic carbocycles. The Morgan fingerprint density at radius 2 is 1.79 bits per heavy atom. The number of para-hydroxylation sites is 2. The molecular weight excluding hydrogens is 414 g/mol. The van der Waals surface area contributed by atoms with E-state index in [1.807, 2.05) is 30.3 Å². The summed E-state index contributed by atoms with van der Waals surface area (Å²) in [6.45, 7) is 11.3. The van der Waals surface area contributed by atoms with Gasteiger partial charge in [-0.3, -0.25) is 4.79 Å². The number of amides is 1. The standard InChI is InChI=1S/C26H33N5O2/c1-3-29-14-16-30(17-15-29)23-9-8-21(18-19(23)2)27-25(32)20-10-12-31(13-11-20)26-28-22-6-4-5-7-24(22)33-26/h4-9,18,20H,3,10-17H2,1-2H3,(H,27,32). The maximum Gasteiger partial charge on any atom is 0.298 e. The largest absolute Gasteiger partial charge is 0.423 e. The smallest absolute Gasteiger partial charge is 0.298 e. The predicted molar refractivity (Wildman–Crippen MR) is 133 cm³/mol. The van der Waals surface area contributed by atoms with E-state index in [-0.39, 0.29) is 11.8 Å². The number of benzene rings is 2. The quantitative estimate of drug-likeness (QED) is 0.634. The zero-order valence-corrected chi connectivity index (χ0v) is 19.6. The third-order valence-corrected chi connectivity index (χ3v) is 7.04. The van der Waals surface area contributed by atoms with Gasteiger partial charge in [0.2, 0.25) is 5.91 Å². The molecule has 0 radical (unpaired) electrons. The van der Waals surface area contributed by atoms with E-state index in [1.54, 1.807) is 0 Å². The van der Waals surface area contributed by atoms with Crippen molar-refractivity contribution in [3.05, 3.63) is 48.0 Å². The zero-order chi connectivity index (χ0) is 22.8. The highest BCUT2D eigenvalue weighted by molar-refractivity contribution is 5.93. The third-order valence-electron chi connectivity index (χ3n) is 7.04. The first-order valence-electron chi connectivity index (χ1n) is 12.1. The van der Waals surface area contributed by atoms with Gasteiger partial charge in [0, 0.05) is 56.6 Å². The number of aryl methyl sites for hydroxylation is 1. The molecule has 0 bridgehead atoms. The van der Waals surface area contributed by atoms with Gasteiger partial charge < -0.3 is 24.4 Å². The lowest BCUT2D eigenvalue weighted by molar-refractivity contribution is -0.120. The van der Waals surface area contributed by atoms with Crippen LogP contribution in [0.25, 0.3) is 11.1 Å². The van der Waals surface area contributed by atoms with Gasteiger partial charge in [-0.05, 0) is 62.2 Å². The number of hydrogen-bond acceptors (Lipinski definition) is 6. The fourth-order valence-corrected chi connectivity index (χ4v) is 4.97. The minimum absolute atomic E-state index is 0.00716. The van der Waals surface area contributed by atoms with Crippen molar-refractivity contribution in [3.8, 4) is 0 Å². The van der Waals surface area contributed by atoms with Crippen LogP contribution < -0.4 is 15.1 Å². The minimum atomic E-state index is 0.00716. The number of rotatable bonds is 5. The molecule has 2 aliphatic heterocycles. The Labute approximate surface area is 195 Å². The molecule has 0 aliphatic carbocycles. The topological polar surface area (TPSA) is 64.8 Å². The fraction of sp³-hybridized carbons (Fsp3) is 0.462. The van der Waals surface area contributed by atoms with Crippen LogP contribution >= 0.6 is 0 Å². The zero-order valence-electron chi connectivity index (χ0n) is 19.6. The third kappa shape index (κ3) is 4.69. The lowest BCUT2D eigenvalue weighted by Crippen LogP contribution is -2.46. The molecule has 33 heavy (non-hydrogen) atoms. The molecule has 3 heterocycles. The lowest BCUT2D eigenvalue weighted by atomic mass is 9.96. The summed E-state index contributed by atoms with van der Waals surface area (Å²) in [7, 11) is 0. The number of carbonyl (C=O) groups excluding carboxylic acids is 1. The highest BCUT2D eigenvalue weighted by atomic mass is 16.4. The molecule has 3 aromatic rings. The monoisotopic (exact) mass is 447 g/mol. The van der Waals surface area contributed by atoms with Crippen molar-refractivity contribution < 1.29 is 9.21 Å². The van der Waals surface area contributed by atoms with E-state index in [2.05, 4.69) is 51.0 Å². The van der Waals surface area contributed by atoms with Crippen molar-refractivity contribution in [2.45, 2.75) is 26.7 Å². The van der Waals surface area contributed by atoms with Crippen molar-refractivity contribution in [3.63, 3.8) is 0 Å². The van der Waals surface area contributed by atoms with Crippen LogP contribution in [0.1, 0.15) is 25.3 Å². The van der Waals surface area contributed by atoms with E-state index in [0.29, 0.717) is 6.01 Å². The predicted octanol–water partition coefficient (Wildman–Crippen LogP) is 4.13. The van der Waals surface area contributed by atoms with Crippen LogP contribution in [0, 0.1) is 12.8 Å². The highest BCUT2D eigenvalue weighted by Crippen LogP contribution is 2.28. The van der Waals surface area contributed by atoms with Gasteiger partial charge in [0.15, 0.2) is 5.58 Å². The number of carbonyl (C=O) groups is 1. The Balaban J connectivity index is 1.16. The molecule has 1 N–H and O–H groups in total. The molecular formula is C26H33N5O2. The Morgan fingerprint density at radius 1 is 1.03 bits per heavy atom. The van der Waals surface area contributed by atoms with Gasteiger partial charge in [-0.15, -0.1) is 0 Å². The summed E-state index contributed by atoms with van der Waals surface area (Å²) >= 11 is 0. The van der Waals surface area contributed by atoms with Crippen LogP contribution in [0.3, 0.4) is 0 Å². The van der Waals surface area contributed by atoms with Crippen LogP contribution in [-0.4, -0.2) is 61.6 Å². The first-order chi connectivity index (χ1) is 16.1. The second-order valence-corrected chi connectivity index (χ2v) is 9.14. The maximum absolute atomic E-state index is 12.9. The summed E-state index contributed by atoms with van der Waals surface area (Å²) in [4.78, 5) is 24.6. The second-order valence-electron chi connectivity index (χ2n) is 9.14. The number of oxazole rings is 1. The number of nitrogens with zero attached hydrogens (tertiary/aromatic N) is 4. The van der Waals surface area contributed by atoms with Gasteiger partial charge in [0.1, 0.15) is 5.52 Å². The van der Waals surface area contributed by atoms with E-state index < -0.39 is 0 Å². The van der Waals surface area contributed by atoms with Crippen molar-refractivity contribution in [1.29, 1.82) is 0 Å². The lowest BCUT2D eigenvalue weighted by Gasteiger charge is -2.36. The molecule has 0 atom stereocenters. The average molecular weight is 448 g/mol.